The fraction of sp³-hybridized carbons (Fsp3) is 0.524. The Labute approximate surface area is 166 Å². The lowest BCUT2D eigenvalue weighted by Crippen LogP contribution is -2.18. The molecule has 0 aliphatic heterocycles. The second kappa shape index (κ2) is 10.0. The van der Waals surface area contributed by atoms with Gasteiger partial charge < -0.3 is 10.2 Å². The molecule has 2 N–H and O–H groups in total. The fourth-order valence-electron chi connectivity index (χ4n) is 3.72. The number of carbonyl (C=O) groups excluding carboxylic acids is 1. The third-order valence-electron chi connectivity index (χ3n) is 5.21. The molecular weight excluding hydrogens is 392 g/mol. The minimum absolute atomic E-state index is 0.0474. The molecule has 0 amide bonds. The maximum atomic E-state index is 13.2. The molecule has 3 unspecified atom stereocenters. The molecule has 1 aromatic rings. The van der Waals surface area contributed by atoms with E-state index < -0.39 is 41.5 Å². The third-order valence-corrected chi connectivity index (χ3v) is 5.21. The molecule has 29 heavy (non-hydrogen) atoms. The van der Waals surface area contributed by atoms with Crippen molar-refractivity contribution >= 4 is 17.8 Å². The van der Waals surface area contributed by atoms with Crippen molar-refractivity contribution in [3.8, 4) is 0 Å². The van der Waals surface area contributed by atoms with Crippen LogP contribution in [0.4, 0.5) is 17.6 Å². The Bertz CT molecular complexity index is 758. The second-order valence-electron chi connectivity index (χ2n) is 7.36. The number of unbranched alkanes of at least 4 members (excludes halogenated alkanes) is 3. The number of aliphatic hydroxyl groups is 1. The van der Waals surface area contributed by atoms with Crippen LogP contribution in [0.15, 0.2) is 24.3 Å². The summed E-state index contributed by atoms with van der Waals surface area (Å²) in [5.41, 5.74) is -1.33. The van der Waals surface area contributed by atoms with Gasteiger partial charge >= 0.3 is 12.1 Å². The zero-order valence-electron chi connectivity index (χ0n) is 15.8. The summed E-state index contributed by atoms with van der Waals surface area (Å²) in [7, 11) is 0. The van der Waals surface area contributed by atoms with Crippen LogP contribution in [-0.4, -0.2) is 28.1 Å². The van der Waals surface area contributed by atoms with Crippen LogP contribution in [0.1, 0.15) is 56.1 Å². The molecule has 1 fully saturated rings. The van der Waals surface area contributed by atoms with E-state index in [2.05, 4.69) is 0 Å². The number of benzene rings is 1. The van der Waals surface area contributed by atoms with Crippen LogP contribution < -0.4 is 0 Å². The summed E-state index contributed by atoms with van der Waals surface area (Å²) in [5, 5.41) is 18.8. The van der Waals surface area contributed by atoms with Crippen LogP contribution >= 0.6 is 0 Å². The number of Topliss-reactive ketones (excluding diaryl/α,β-unsaturated/α-hetero) is 1. The van der Waals surface area contributed by atoms with Gasteiger partial charge in [0.2, 0.25) is 0 Å². The molecule has 1 aliphatic carbocycles. The summed E-state index contributed by atoms with van der Waals surface area (Å²) < 4.78 is 52.6. The predicted molar refractivity (Wildman–Crippen MR) is 98.4 cm³/mol. The van der Waals surface area contributed by atoms with Crippen molar-refractivity contribution in [3.63, 3.8) is 0 Å². The standard InChI is InChI=1S/C21H24F4O4/c22-14-9-7-13(17(11-14)21(23,24)25)8-10-16-15(18(26)12-19(16)27)5-3-1-2-4-6-20(28)29/h7-11,15-16,19,27H,1-6,12H2,(H,28,29)/b10-8+. The number of carbonyl (C=O) groups is 2. The van der Waals surface area contributed by atoms with E-state index in [0.717, 1.165) is 18.6 Å². The van der Waals surface area contributed by atoms with Gasteiger partial charge in [-0.15, -0.1) is 0 Å². The highest BCUT2D eigenvalue weighted by Crippen LogP contribution is 2.37. The first-order chi connectivity index (χ1) is 13.6. The molecule has 0 radical (unpaired) electrons. The summed E-state index contributed by atoms with van der Waals surface area (Å²) in [6.45, 7) is 0. The molecule has 160 valence electrons. The van der Waals surface area contributed by atoms with Crippen LogP contribution in [0.5, 0.6) is 0 Å². The lowest BCUT2D eigenvalue weighted by molar-refractivity contribution is -0.138. The number of ketones is 1. The topological polar surface area (TPSA) is 74.6 Å². The first-order valence-corrected chi connectivity index (χ1v) is 9.57. The van der Waals surface area contributed by atoms with Gasteiger partial charge in [-0.3, -0.25) is 9.59 Å². The van der Waals surface area contributed by atoms with Gasteiger partial charge in [-0.1, -0.05) is 37.5 Å². The molecule has 4 nitrogen and oxygen atoms in total. The number of carboxylic acid groups (broad SMARTS) is 1. The predicted octanol–water partition coefficient (Wildman–Crippen LogP) is 4.85. The Hall–Kier alpha value is -2.22. The number of aliphatic carboxylic acids is 1. The number of hydrogen-bond donors (Lipinski definition) is 2. The normalized spacial score (nSPS) is 22.5. The summed E-state index contributed by atoms with van der Waals surface area (Å²) in [5.74, 6) is -3.08. The van der Waals surface area contributed by atoms with E-state index in [4.69, 9.17) is 5.11 Å². The number of carboxylic acids is 1. The van der Waals surface area contributed by atoms with E-state index in [-0.39, 0.29) is 24.2 Å². The monoisotopic (exact) mass is 416 g/mol. The molecular formula is C21H24F4O4. The van der Waals surface area contributed by atoms with Crippen LogP contribution in [-0.2, 0) is 15.8 Å². The van der Waals surface area contributed by atoms with E-state index in [9.17, 15) is 32.3 Å². The highest BCUT2D eigenvalue weighted by molar-refractivity contribution is 5.85. The molecule has 0 bridgehead atoms. The van der Waals surface area contributed by atoms with Gasteiger partial charge in [0.1, 0.15) is 11.6 Å². The Morgan fingerprint density at radius 2 is 1.86 bits per heavy atom. The molecule has 0 spiro atoms. The van der Waals surface area contributed by atoms with Gasteiger partial charge in [0.05, 0.1) is 11.7 Å². The second-order valence-corrected chi connectivity index (χ2v) is 7.36. The van der Waals surface area contributed by atoms with Gasteiger partial charge in [0.25, 0.3) is 0 Å². The Balaban J connectivity index is 2.04. The van der Waals surface area contributed by atoms with E-state index in [1.54, 1.807) is 0 Å². The lowest BCUT2D eigenvalue weighted by atomic mass is 9.88. The number of halogens is 4. The first-order valence-electron chi connectivity index (χ1n) is 9.57. The van der Waals surface area contributed by atoms with Crippen molar-refractivity contribution in [2.45, 2.75) is 57.2 Å². The smallest absolute Gasteiger partial charge is 0.417 e. The first kappa shape index (κ1) is 23.1. The highest BCUT2D eigenvalue weighted by Gasteiger charge is 2.39. The van der Waals surface area contributed by atoms with Gasteiger partial charge in [0.15, 0.2) is 0 Å². The Kier molecular flexibility index (Phi) is 7.96. The third kappa shape index (κ3) is 6.66. The molecule has 3 atom stereocenters. The molecule has 1 aromatic carbocycles. The maximum Gasteiger partial charge on any atom is 0.417 e. The fourth-order valence-corrected chi connectivity index (χ4v) is 3.72. The number of hydrogen-bond acceptors (Lipinski definition) is 3. The van der Waals surface area contributed by atoms with E-state index in [1.165, 1.54) is 12.2 Å². The number of rotatable bonds is 9. The largest absolute Gasteiger partial charge is 0.481 e. The Morgan fingerprint density at radius 1 is 1.17 bits per heavy atom. The average molecular weight is 416 g/mol. The molecule has 8 heteroatoms. The minimum atomic E-state index is -4.72. The summed E-state index contributed by atoms with van der Waals surface area (Å²) in [6, 6.07) is 2.37. The number of alkyl halides is 3. The van der Waals surface area contributed by atoms with Crippen molar-refractivity contribution in [3.05, 3.63) is 41.2 Å². The van der Waals surface area contributed by atoms with Gasteiger partial charge in [-0.25, -0.2) is 4.39 Å². The van der Waals surface area contributed by atoms with Crippen molar-refractivity contribution in [2.24, 2.45) is 11.8 Å². The molecule has 1 aliphatic rings. The highest BCUT2D eigenvalue weighted by atomic mass is 19.4. The Morgan fingerprint density at radius 3 is 2.52 bits per heavy atom. The summed E-state index contributed by atoms with van der Waals surface area (Å²) in [4.78, 5) is 22.7. The minimum Gasteiger partial charge on any atom is -0.481 e. The summed E-state index contributed by atoms with van der Waals surface area (Å²) in [6.07, 6.45) is 0.0875. The molecule has 2 rings (SSSR count). The summed E-state index contributed by atoms with van der Waals surface area (Å²) >= 11 is 0. The number of aliphatic hydroxyl groups excluding tert-OH is 1. The molecule has 0 saturated heterocycles. The van der Waals surface area contributed by atoms with Crippen LogP contribution in [0.2, 0.25) is 0 Å². The molecule has 0 heterocycles. The quantitative estimate of drug-likeness (QED) is 0.446. The van der Waals surface area contributed by atoms with Crippen molar-refractivity contribution in [2.75, 3.05) is 0 Å². The molecule has 1 saturated carbocycles. The molecule has 0 aromatic heterocycles. The average Bonchev–Trinajstić information content (AvgIpc) is 2.88. The van der Waals surface area contributed by atoms with Crippen molar-refractivity contribution in [1.82, 2.24) is 0 Å². The SMILES string of the molecule is O=C(O)CCCCCCC1C(=O)CC(O)C1/C=C/c1ccc(F)cc1C(F)(F)F. The van der Waals surface area contributed by atoms with Crippen LogP contribution in [0.3, 0.4) is 0 Å². The van der Waals surface area contributed by atoms with E-state index >= 15 is 0 Å². The van der Waals surface area contributed by atoms with Crippen LogP contribution in [0.25, 0.3) is 6.08 Å². The van der Waals surface area contributed by atoms with Crippen LogP contribution in [0, 0.1) is 17.7 Å². The lowest BCUT2D eigenvalue weighted by Gasteiger charge is -2.18. The van der Waals surface area contributed by atoms with E-state index in [0.29, 0.717) is 31.7 Å². The van der Waals surface area contributed by atoms with E-state index in [1.807, 2.05) is 0 Å². The van der Waals surface area contributed by atoms with Gasteiger partial charge in [-0.05, 0) is 30.5 Å². The van der Waals surface area contributed by atoms with Crippen molar-refractivity contribution < 1.29 is 37.4 Å². The van der Waals surface area contributed by atoms with Gasteiger partial charge in [-0.2, -0.15) is 13.2 Å². The van der Waals surface area contributed by atoms with Gasteiger partial charge in [0, 0.05) is 24.7 Å². The maximum absolute atomic E-state index is 13.2. The zero-order chi connectivity index (χ0) is 21.6. The van der Waals surface area contributed by atoms with Crippen molar-refractivity contribution in [1.29, 1.82) is 0 Å². The zero-order valence-corrected chi connectivity index (χ0v) is 15.8.